The highest BCUT2D eigenvalue weighted by Crippen LogP contribution is 2.13. The molecule has 1 heterocycles. The van der Waals surface area contributed by atoms with Gasteiger partial charge in [-0.05, 0) is 12.5 Å². The van der Waals surface area contributed by atoms with E-state index in [4.69, 9.17) is 5.11 Å². The molecule has 146 valence electrons. The van der Waals surface area contributed by atoms with Crippen LogP contribution in [0.25, 0.3) is 0 Å². The summed E-state index contributed by atoms with van der Waals surface area (Å²) >= 11 is 0. The highest BCUT2D eigenvalue weighted by Gasteiger charge is 2.05. The van der Waals surface area contributed by atoms with Gasteiger partial charge in [0.05, 0.1) is 24.6 Å². The fourth-order valence-corrected chi connectivity index (χ4v) is 3.37. The summed E-state index contributed by atoms with van der Waals surface area (Å²) in [5.74, 6) is 0. The van der Waals surface area contributed by atoms with E-state index in [0.717, 1.165) is 18.7 Å². The topological polar surface area (TPSA) is 58.3 Å². The van der Waals surface area contributed by atoms with E-state index in [0.29, 0.717) is 5.69 Å². The van der Waals surface area contributed by atoms with Crippen LogP contribution in [0.2, 0.25) is 0 Å². The highest BCUT2D eigenvalue weighted by molar-refractivity contribution is 5.08. The molecule has 1 aromatic rings. The summed E-state index contributed by atoms with van der Waals surface area (Å²) in [6, 6.07) is 1.78. The molecule has 0 aromatic carbocycles. The second kappa shape index (κ2) is 15.4. The summed E-state index contributed by atoms with van der Waals surface area (Å²) in [4.78, 5) is 0. The van der Waals surface area contributed by atoms with Gasteiger partial charge in [-0.2, -0.15) is 5.10 Å². The lowest BCUT2D eigenvalue weighted by atomic mass is 10.0. The minimum absolute atomic E-state index is 0.00833. The Morgan fingerprint density at radius 3 is 1.64 bits per heavy atom. The molecule has 1 aromatic heterocycles. The molecule has 0 radical (unpaired) electrons. The Morgan fingerprint density at radius 1 is 0.720 bits per heavy atom. The third-order valence-corrected chi connectivity index (χ3v) is 4.96. The first kappa shape index (κ1) is 22.2. The SMILES string of the molecule is CCCCCCCCCCCCCCCCn1nc(CO)cc1CO. The van der Waals surface area contributed by atoms with Crippen LogP contribution in [0.4, 0.5) is 0 Å². The third kappa shape index (κ3) is 10.7. The summed E-state index contributed by atoms with van der Waals surface area (Å²) in [5.41, 5.74) is 1.45. The molecule has 0 aliphatic carbocycles. The number of aromatic nitrogens is 2. The van der Waals surface area contributed by atoms with Crippen molar-refractivity contribution in [1.82, 2.24) is 9.78 Å². The molecule has 0 aliphatic heterocycles. The summed E-state index contributed by atoms with van der Waals surface area (Å²) in [5, 5.41) is 22.7. The molecule has 4 heteroatoms. The van der Waals surface area contributed by atoms with Crippen LogP contribution in [-0.2, 0) is 19.8 Å². The van der Waals surface area contributed by atoms with Crippen molar-refractivity contribution < 1.29 is 10.2 Å². The van der Waals surface area contributed by atoms with Gasteiger partial charge in [0.1, 0.15) is 0 Å². The maximum absolute atomic E-state index is 9.30. The quantitative estimate of drug-likeness (QED) is 0.372. The Morgan fingerprint density at radius 2 is 1.20 bits per heavy atom. The van der Waals surface area contributed by atoms with Gasteiger partial charge in [0.2, 0.25) is 0 Å². The second-order valence-electron chi connectivity index (χ2n) is 7.26. The van der Waals surface area contributed by atoms with E-state index in [1.165, 1.54) is 83.5 Å². The molecule has 1 rings (SSSR count). The van der Waals surface area contributed by atoms with Gasteiger partial charge in [0.25, 0.3) is 0 Å². The fraction of sp³-hybridized carbons (Fsp3) is 0.857. The first-order chi connectivity index (χ1) is 12.3. The number of nitrogens with zero attached hydrogens (tertiary/aromatic N) is 2. The molecule has 0 atom stereocenters. The van der Waals surface area contributed by atoms with Crippen molar-refractivity contribution in [2.24, 2.45) is 0 Å². The lowest BCUT2D eigenvalue weighted by molar-refractivity contribution is 0.266. The molecule has 25 heavy (non-hydrogen) atoms. The smallest absolute Gasteiger partial charge is 0.0882 e. The van der Waals surface area contributed by atoms with E-state index in [-0.39, 0.29) is 13.2 Å². The first-order valence-corrected chi connectivity index (χ1v) is 10.6. The number of hydrogen-bond acceptors (Lipinski definition) is 3. The Hall–Kier alpha value is -0.870. The molecule has 0 unspecified atom stereocenters. The van der Waals surface area contributed by atoms with Gasteiger partial charge in [-0.15, -0.1) is 0 Å². The lowest BCUT2D eigenvalue weighted by Gasteiger charge is -2.06. The molecular weight excluding hydrogens is 312 g/mol. The molecule has 0 amide bonds. The van der Waals surface area contributed by atoms with Crippen LogP contribution >= 0.6 is 0 Å². The normalized spacial score (nSPS) is 11.3. The van der Waals surface area contributed by atoms with Crippen molar-refractivity contribution in [2.75, 3.05) is 0 Å². The lowest BCUT2D eigenvalue weighted by Crippen LogP contribution is -2.05. The van der Waals surface area contributed by atoms with E-state index in [2.05, 4.69) is 12.0 Å². The van der Waals surface area contributed by atoms with E-state index in [1.54, 1.807) is 6.07 Å². The molecular formula is C21H40N2O2. The summed E-state index contributed by atoms with van der Waals surface area (Å²) in [6.07, 6.45) is 19.0. The van der Waals surface area contributed by atoms with Crippen LogP contribution < -0.4 is 0 Å². The molecule has 0 bridgehead atoms. The second-order valence-corrected chi connectivity index (χ2v) is 7.26. The van der Waals surface area contributed by atoms with Gasteiger partial charge in [-0.3, -0.25) is 4.68 Å². The molecule has 0 saturated heterocycles. The van der Waals surface area contributed by atoms with Crippen molar-refractivity contribution in [2.45, 2.75) is 117 Å². The molecule has 2 N–H and O–H groups in total. The summed E-state index contributed by atoms with van der Waals surface area (Å²) in [6.45, 7) is 3.05. The number of aryl methyl sites for hydroxylation is 1. The molecule has 0 spiro atoms. The van der Waals surface area contributed by atoms with Gasteiger partial charge in [0, 0.05) is 6.54 Å². The van der Waals surface area contributed by atoms with Crippen molar-refractivity contribution in [3.63, 3.8) is 0 Å². The number of aliphatic hydroxyl groups excluding tert-OH is 2. The van der Waals surface area contributed by atoms with E-state index >= 15 is 0 Å². The number of unbranched alkanes of at least 4 members (excludes halogenated alkanes) is 13. The Kier molecular flexibility index (Phi) is 13.6. The summed E-state index contributed by atoms with van der Waals surface area (Å²) < 4.78 is 1.84. The maximum Gasteiger partial charge on any atom is 0.0882 e. The minimum atomic E-state index is -0.0568. The zero-order valence-corrected chi connectivity index (χ0v) is 16.4. The predicted octanol–water partition coefficient (Wildman–Crippen LogP) is 5.35. The van der Waals surface area contributed by atoms with E-state index in [9.17, 15) is 5.11 Å². The first-order valence-electron chi connectivity index (χ1n) is 10.6. The van der Waals surface area contributed by atoms with Gasteiger partial charge < -0.3 is 10.2 Å². The molecule has 4 nitrogen and oxygen atoms in total. The Labute approximate surface area is 154 Å². The largest absolute Gasteiger partial charge is 0.390 e. The van der Waals surface area contributed by atoms with Crippen molar-refractivity contribution in [3.8, 4) is 0 Å². The van der Waals surface area contributed by atoms with Gasteiger partial charge >= 0.3 is 0 Å². The Balaban J connectivity index is 1.88. The summed E-state index contributed by atoms with van der Waals surface area (Å²) in [7, 11) is 0. The molecule has 0 aliphatic rings. The number of aliphatic hydroxyl groups is 2. The van der Waals surface area contributed by atoms with Crippen LogP contribution in [0.15, 0.2) is 6.07 Å². The third-order valence-electron chi connectivity index (χ3n) is 4.96. The predicted molar refractivity (Wildman–Crippen MR) is 104 cm³/mol. The average Bonchev–Trinajstić information content (AvgIpc) is 3.04. The standard InChI is InChI=1S/C21H40N2O2/c1-2-3-4-5-6-7-8-9-10-11-12-13-14-15-16-23-21(19-25)17-20(18-24)22-23/h17,24-25H,2-16,18-19H2,1H3. The van der Waals surface area contributed by atoms with Crippen LogP contribution in [-0.4, -0.2) is 20.0 Å². The van der Waals surface area contributed by atoms with E-state index in [1.807, 2.05) is 4.68 Å². The average molecular weight is 353 g/mol. The molecule has 0 saturated carbocycles. The van der Waals surface area contributed by atoms with Crippen molar-refractivity contribution in [1.29, 1.82) is 0 Å². The van der Waals surface area contributed by atoms with Crippen molar-refractivity contribution >= 4 is 0 Å². The molecule has 0 fully saturated rings. The van der Waals surface area contributed by atoms with Crippen LogP contribution in [0.5, 0.6) is 0 Å². The zero-order chi connectivity index (χ0) is 18.2. The minimum Gasteiger partial charge on any atom is -0.390 e. The monoisotopic (exact) mass is 352 g/mol. The van der Waals surface area contributed by atoms with Gasteiger partial charge in [-0.25, -0.2) is 0 Å². The maximum atomic E-state index is 9.30. The van der Waals surface area contributed by atoms with Crippen LogP contribution in [0.3, 0.4) is 0 Å². The zero-order valence-electron chi connectivity index (χ0n) is 16.4. The van der Waals surface area contributed by atoms with Gasteiger partial charge in [0.15, 0.2) is 0 Å². The van der Waals surface area contributed by atoms with Crippen LogP contribution in [0.1, 0.15) is 108 Å². The number of hydrogen-bond donors (Lipinski definition) is 2. The van der Waals surface area contributed by atoms with Crippen molar-refractivity contribution in [3.05, 3.63) is 17.5 Å². The van der Waals surface area contributed by atoms with E-state index < -0.39 is 0 Å². The fourth-order valence-electron chi connectivity index (χ4n) is 3.37. The highest BCUT2D eigenvalue weighted by atomic mass is 16.3. The van der Waals surface area contributed by atoms with Crippen LogP contribution in [0, 0.1) is 0 Å². The van der Waals surface area contributed by atoms with Gasteiger partial charge in [-0.1, -0.05) is 90.4 Å². The Bertz CT molecular complexity index is 418. The number of rotatable bonds is 17.